The van der Waals surface area contributed by atoms with Gasteiger partial charge < -0.3 is 18.9 Å². The van der Waals surface area contributed by atoms with Crippen LogP contribution < -0.4 is 20.9 Å². The fourth-order valence-electron chi connectivity index (χ4n) is 4.86. The highest BCUT2D eigenvalue weighted by molar-refractivity contribution is 5.70. The Kier molecular flexibility index (Phi) is 6.89. The van der Waals surface area contributed by atoms with Gasteiger partial charge in [0.1, 0.15) is 11.6 Å². The van der Waals surface area contributed by atoms with E-state index in [2.05, 4.69) is 31.8 Å². The number of nitrogens with one attached hydrogen (secondary N) is 1. The molecule has 4 heterocycles. The summed E-state index contributed by atoms with van der Waals surface area (Å²) in [6.07, 6.45) is 0. The van der Waals surface area contributed by atoms with Crippen molar-refractivity contribution in [1.82, 2.24) is 28.9 Å². The molecule has 2 aromatic heterocycles. The number of nitrogens with zero attached hydrogens (tertiary/aromatic N) is 6. The summed E-state index contributed by atoms with van der Waals surface area (Å²) in [5.74, 6) is 1.67. The second-order valence-corrected chi connectivity index (χ2v) is 9.09. The molecule has 11 heteroatoms. The second kappa shape index (κ2) is 10.2. The minimum absolute atomic E-state index is 0.381. The second-order valence-electron chi connectivity index (χ2n) is 9.09. The van der Waals surface area contributed by atoms with Crippen LogP contribution in [0.25, 0.3) is 11.2 Å². The summed E-state index contributed by atoms with van der Waals surface area (Å²) in [5.41, 5.74) is 1.26. The molecule has 0 saturated carbocycles. The number of methoxy groups -OCH3 is 1. The lowest BCUT2D eigenvalue weighted by molar-refractivity contribution is 0.0363. The standard InChI is InChI=1S/C24H33N7O4/c1-27-22-21(23(32)26-24(27)33)31(12-9-28-13-15-35-16-14-28)20(25-22)17-29-7-10-30(11-8-29)18-3-5-19(34-2)6-4-18/h3-6H,7-17H2,1-2H3,(H,26,32,33). The summed E-state index contributed by atoms with van der Waals surface area (Å²) in [6, 6.07) is 8.15. The minimum Gasteiger partial charge on any atom is -0.497 e. The van der Waals surface area contributed by atoms with E-state index in [1.54, 1.807) is 14.2 Å². The molecule has 2 aliphatic heterocycles. The van der Waals surface area contributed by atoms with Gasteiger partial charge in [0.25, 0.3) is 5.56 Å². The van der Waals surface area contributed by atoms with Crippen LogP contribution in [0.4, 0.5) is 5.69 Å². The van der Waals surface area contributed by atoms with E-state index >= 15 is 0 Å². The summed E-state index contributed by atoms with van der Waals surface area (Å²) in [5, 5.41) is 0. The lowest BCUT2D eigenvalue weighted by atomic mass is 10.2. The van der Waals surface area contributed by atoms with Crippen LogP contribution in [-0.4, -0.2) is 95.0 Å². The smallest absolute Gasteiger partial charge is 0.329 e. The van der Waals surface area contributed by atoms with E-state index in [0.29, 0.717) is 24.3 Å². The molecular weight excluding hydrogens is 450 g/mol. The number of piperazine rings is 1. The number of morpholine rings is 1. The van der Waals surface area contributed by atoms with Crippen molar-refractivity contribution in [2.24, 2.45) is 7.05 Å². The number of hydrogen-bond donors (Lipinski definition) is 1. The number of benzene rings is 1. The van der Waals surface area contributed by atoms with Gasteiger partial charge >= 0.3 is 5.69 Å². The molecule has 0 bridgehead atoms. The predicted octanol–water partition coefficient (Wildman–Crippen LogP) is 0.0863. The summed E-state index contributed by atoms with van der Waals surface area (Å²) in [4.78, 5) is 39.3. The van der Waals surface area contributed by atoms with Gasteiger partial charge in [-0.15, -0.1) is 0 Å². The molecule has 0 amide bonds. The number of aromatic nitrogens is 4. The molecule has 0 atom stereocenters. The van der Waals surface area contributed by atoms with Gasteiger partial charge in [0.2, 0.25) is 0 Å². The van der Waals surface area contributed by atoms with E-state index in [0.717, 1.165) is 70.6 Å². The summed E-state index contributed by atoms with van der Waals surface area (Å²) >= 11 is 0. The summed E-state index contributed by atoms with van der Waals surface area (Å²) in [6.45, 7) is 8.85. The quantitative estimate of drug-likeness (QED) is 0.505. The molecule has 0 unspecified atom stereocenters. The number of fused-ring (bicyclic) bond motifs is 1. The molecule has 5 rings (SSSR count). The first kappa shape index (κ1) is 23.6. The molecule has 1 N–H and O–H groups in total. The van der Waals surface area contributed by atoms with Crippen molar-refractivity contribution >= 4 is 16.9 Å². The molecule has 1 aromatic carbocycles. The normalized spacial score (nSPS) is 17.8. The largest absolute Gasteiger partial charge is 0.497 e. The molecule has 188 valence electrons. The Hall–Kier alpha value is -3.15. The fourth-order valence-corrected chi connectivity index (χ4v) is 4.86. The zero-order chi connectivity index (χ0) is 24.4. The van der Waals surface area contributed by atoms with Gasteiger partial charge in [0.15, 0.2) is 11.2 Å². The number of rotatable bonds is 7. The van der Waals surface area contributed by atoms with Crippen LogP contribution in [0.1, 0.15) is 5.82 Å². The number of ether oxygens (including phenoxy) is 2. The van der Waals surface area contributed by atoms with Gasteiger partial charge in [-0.1, -0.05) is 0 Å². The Labute approximate surface area is 203 Å². The maximum Gasteiger partial charge on any atom is 0.329 e. The highest BCUT2D eigenvalue weighted by atomic mass is 16.5. The van der Waals surface area contributed by atoms with Crippen molar-refractivity contribution in [2.45, 2.75) is 13.1 Å². The van der Waals surface area contributed by atoms with Crippen LogP contribution in [0.5, 0.6) is 5.75 Å². The third kappa shape index (κ3) is 4.97. The molecule has 2 aliphatic rings. The van der Waals surface area contributed by atoms with Gasteiger partial charge in [-0.2, -0.15) is 0 Å². The monoisotopic (exact) mass is 483 g/mol. The van der Waals surface area contributed by atoms with Gasteiger partial charge in [-0.3, -0.25) is 24.1 Å². The number of aryl methyl sites for hydroxylation is 1. The molecular formula is C24H33N7O4. The highest BCUT2D eigenvalue weighted by Crippen LogP contribution is 2.21. The van der Waals surface area contributed by atoms with Crippen LogP contribution in [-0.2, 0) is 24.9 Å². The van der Waals surface area contributed by atoms with Crippen molar-refractivity contribution in [3.63, 3.8) is 0 Å². The Morgan fingerprint density at radius 1 is 0.971 bits per heavy atom. The average Bonchev–Trinajstić information content (AvgIpc) is 3.26. The molecule has 2 saturated heterocycles. The van der Waals surface area contributed by atoms with E-state index in [1.165, 1.54) is 10.3 Å². The minimum atomic E-state index is -0.444. The van der Waals surface area contributed by atoms with Crippen LogP contribution in [0.2, 0.25) is 0 Å². The van der Waals surface area contributed by atoms with Crippen molar-refractivity contribution in [3.05, 3.63) is 50.9 Å². The number of imidazole rings is 1. The molecule has 3 aromatic rings. The van der Waals surface area contributed by atoms with Gasteiger partial charge in [0, 0.05) is 65.1 Å². The Morgan fingerprint density at radius 3 is 2.37 bits per heavy atom. The summed E-state index contributed by atoms with van der Waals surface area (Å²) in [7, 11) is 3.32. The third-order valence-electron chi connectivity index (χ3n) is 7.00. The van der Waals surface area contributed by atoms with Gasteiger partial charge in [0.05, 0.1) is 26.9 Å². The molecule has 35 heavy (non-hydrogen) atoms. The van der Waals surface area contributed by atoms with E-state index in [4.69, 9.17) is 14.5 Å². The van der Waals surface area contributed by atoms with Crippen LogP contribution in [0.15, 0.2) is 33.9 Å². The number of hydrogen-bond acceptors (Lipinski definition) is 8. The van der Waals surface area contributed by atoms with Crippen molar-refractivity contribution in [1.29, 1.82) is 0 Å². The number of anilines is 1. The van der Waals surface area contributed by atoms with Gasteiger partial charge in [-0.05, 0) is 24.3 Å². The SMILES string of the molecule is COc1ccc(N2CCN(Cc3nc4c(c(=O)[nH]c(=O)n4C)n3CCN3CCOCC3)CC2)cc1. The maximum absolute atomic E-state index is 12.8. The third-order valence-corrected chi connectivity index (χ3v) is 7.00. The van der Waals surface area contributed by atoms with Crippen molar-refractivity contribution < 1.29 is 9.47 Å². The predicted molar refractivity (Wildman–Crippen MR) is 133 cm³/mol. The van der Waals surface area contributed by atoms with E-state index in [9.17, 15) is 9.59 Å². The molecule has 11 nitrogen and oxygen atoms in total. The molecule has 2 fully saturated rings. The Morgan fingerprint density at radius 2 is 1.69 bits per heavy atom. The van der Waals surface area contributed by atoms with Crippen molar-refractivity contribution in [3.8, 4) is 5.75 Å². The molecule has 0 aliphatic carbocycles. The first-order chi connectivity index (χ1) is 17.0. The first-order valence-electron chi connectivity index (χ1n) is 12.1. The van der Waals surface area contributed by atoms with E-state index in [-0.39, 0.29) is 5.56 Å². The summed E-state index contributed by atoms with van der Waals surface area (Å²) < 4.78 is 14.2. The fraction of sp³-hybridized carbons (Fsp3) is 0.542. The first-order valence-corrected chi connectivity index (χ1v) is 12.1. The average molecular weight is 484 g/mol. The van der Waals surface area contributed by atoms with E-state index < -0.39 is 5.69 Å². The lowest BCUT2D eigenvalue weighted by Crippen LogP contribution is -2.46. The van der Waals surface area contributed by atoms with Crippen LogP contribution in [0, 0.1) is 0 Å². The van der Waals surface area contributed by atoms with Crippen LogP contribution in [0.3, 0.4) is 0 Å². The zero-order valence-corrected chi connectivity index (χ0v) is 20.4. The van der Waals surface area contributed by atoms with Gasteiger partial charge in [-0.25, -0.2) is 9.78 Å². The molecule has 0 spiro atoms. The Bertz CT molecular complexity index is 1270. The zero-order valence-electron chi connectivity index (χ0n) is 20.4. The number of H-pyrrole nitrogens is 1. The van der Waals surface area contributed by atoms with Crippen LogP contribution >= 0.6 is 0 Å². The highest BCUT2D eigenvalue weighted by Gasteiger charge is 2.23. The maximum atomic E-state index is 12.8. The number of aromatic amines is 1. The van der Waals surface area contributed by atoms with Crippen molar-refractivity contribution in [2.75, 3.05) is 71.0 Å². The lowest BCUT2D eigenvalue weighted by Gasteiger charge is -2.36. The Balaban J connectivity index is 1.34. The van der Waals surface area contributed by atoms with E-state index in [1.807, 2.05) is 16.7 Å². The topological polar surface area (TPSA) is 101 Å². The molecule has 0 radical (unpaired) electrons.